The number of benzene rings is 1. The van der Waals surface area contributed by atoms with Crippen LogP contribution in [0.2, 0.25) is 5.28 Å². The van der Waals surface area contributed by atoms with Crippen LogP contribution in [0.15, 0.2) is 24.3 Å². The van der Waals surface area contributed by atoms with Gasteiger partial charge >= 0.3 is 0 Å². The molecule has 0 aliphatic heterocycles. The number of halogens is 2. The minimum absolute atomic E-state index is 0.0331. The molecule has 0 aliphatic rings. The molecule has 0 spiro atoms. The highest BCUT2D eigenvalue weighted by atomic mass is 35.5. The highest BCUT2D eigenvalue weighted by Gasteiger charge is 2.07. The van der Waals surface area contributed by atoms with Gasteiger partial charge in [-0.2, -0.15) is 15.0 Å². The minimum atomic E-state index is -0.427. The first-order chi connectivity index (χ1) is 9.19. The fraction of sp³-hybridized carbons (Fsp3) is 0.182. The van der Waals surface area contributed by atoms with Gasteiger partial charge in [0.2, 0.25) is 17.2 Å². The normalized spacial score (nSPS) is 10.3. The number of para-hydroxylation sites is 1. The number of hydrogen-bond donors (Lipinski definition) is 3. The van der Waals surface area contributed by atoms with Crippen molar-refractivity contribution in [3.63, 3.8) is 0 Å². The van der Waals surface area contributed by atoms with Gasteiger partial charge in [-0.3, -0.25) is 0 Å². The summed E-state index contributed by atoms with van der Waals surface area (Å²) in [5, 5.41) is 14.1. The Hall–Kier alpha value is -1.99. The monoisotopic (exact) mass is 283 g/mol. The van der Waals surface area contributed by atoms with Crippen LogP contribution in [0, 0.1) is 5.82 Å². The summed E-state index contributed by atoms with van der Waals surface area (Å²) in [6.07, 6.45) is 0. The smallest absolute Gasteiger partial charge is 0.233 e. The topological polar surface area (TPSA) is 83.0 Å². The summed E-state index contributed by atoms with van der Waals surface area (Å²) in [4.78, 5) is 11.7. The molecule has 0 bridgehead atoms. The lowest BCUT2D eigenvalue weighted by Gasteiger charge is -2.08. The first-order valence-corrected chi connectivity index (χ1v) is 5.84. The molecule has 0 radical (unpaired) electrons. The number of anilines is 3. The van der Waals surface area contributed by atoms with Gasteiger partial charge in [-0.25, -0.2) is 4.39 Å². The van der Waals surface area contributed by atoms with Gasteiger partial charge in [-0.05, 0) is 23.7 Å². The van der Waals surface area contributed by atoms with Gasteiger partial charge in [-0.1, -0.05) is 12.1 Å². The Bertz CT molecular complexity index is 569. The van der Waals surface area contributed by atoms with Crippen molar-refractivity contribution in [1.82, 2.24) is 15.0 Å². The van der Waals surface area contributed by atoms with Crippen molar-refractivity contribution in [2.24, 2.45) is 0 Å². The molecule has 0 saturated carbocycles. The average molecular weight is 284 g/mol. The highest BCUT2D eigenvalue weighted by Crippen LogP contribution is 2.18. The van der Waals surface area contributed by atoms with E-state index in [9.17, 15) is 4.39 Å². The Morgan fingerprint density at radius 2 is 1.89 bits per heavy atom. The summed E-state index contributed by atoms with van der Waals surface area (Å²) in [6, 6.07) is 6.12. The first kappa shape index (κ1) is 13.4. The molecule has 3 N–H and O–H groups in total. The van der Waals surface area contributed by atoms with E-state index in [4.69, 9.17) is 16.7 Å². The molecule has 1 heterocycles. The average Bonchev–Trinajstić information content (AvgIpc) is 2.38. The number of nitrogens with zero attached hydrogens (tertiary/aromatic N) is 3. The minimum Gasteiger partial charge on any atom is -0.395 e. The van der Waals surface area contributed by atoms with Crippen LogP contribution in [0.5, 0.6) is 0 Å². The third-order valence-corrected chi connectivity index (χ3v) is 2.29. The summed E-state index contributed by atoms with van der Waals surface area (Å²) >= 11 is 5.74. The van der Waals surface area contributed by atoms with Gasteiger partial charge in [0.1, 0.15) is 5.82 Å². The van der Waals surface area contributed by atoms with Crippen LogP contribution in [0.25, 0.3) is 0 Å². The Morgan fingerprint density at radius 1 is 1.16 bits per heavy atom. The Kier molecular flexibility index (Phi) is 4.43. The van der Waals surface area contributed by atoms with Gasteiger partial charge < -0.3 is 15.7 Å². The largest absolute Gasteiger partial charge is 0.395 e. The van der Waals surface area contributed by atoms with E-state index in [1.54, 1.807) is 18.2 Å². The fourth-order valence-corrected chi connectivity index (χ4v) is 1.50. The predicted molar refractivity (Wildman–Crippen MR) is 70.1 cm³/mol. The molecule has 0 saturated heterocycles. The molecule has 1 aromatic heterocycles. The second-order valence-corrected chi connectivity index (χ2v) is 3.84. The van der Waals surface area contributed by atoms with Crippen LogP contribution in [0.3, 0.4) is 0 Å². The van der Waals surface area contributed by atoms with E-state index in [0.717, 1.165) is 0 Å². The van der Waals surface area contributed by atoms with Gasteiger partial charge in [0.05, 0.1) is 12.3 Å². The second kappa shape index (κ2) is 6.26. The summed E-state index contributed by atoms with van der Waals surface area (Å²) in [6.45, 7) is 0.207. The third-order valence-electron chi connectivity index (χ3n) is 2.12. The van der Waals surface area contributed by atoms with Crippen LogP contribution >= 0.6 is 11.6 Å². The predicted octanol–water partition coefficient (Wildman–Crippen LogP) is 1.81. The SMILES string of the molecule is OCCNc1nc(Cl)nc(Nc2ccccc2F)n1. The number of rotatable bonds is 5. The van der Waals surface area contributed by atoms with Crippen molar-refractivity contribution in [2.45, 2.75) is 0 Å². The first-order valence-electron chi connectivity index (χ1n) is 5.47. The maximum atomic E-state index is 13.5. The number of aliphatic hydroxyl groups excluding tert-OH is 1. The van der Waals surface area contributed by atoms with Crippen molar-refractivity contribution in [3.05, 3.63) is 35.4 Å². The number of aliphatic hydroxyl groups is 1. The molecular formula is C11H11ClFN5O. The lowest BCUT2D eigenvalue weighted by molar-refractivity contribution is 0.311. The molecule has 2 aromatic rings. The Labute approximate surface area is 113 Å². The van der Waals surface area contributed by atoms with E-state index in [-0.39, 0.29) is 36.0 Å². The number of aromatic nitrogens is 3. The van der Waals surface area contributed by atoms with Gasteiger partial charge in [0.15, 0.2) is 0 Å². The zero-order valence-electron chi connectivity index (χ0n) is 9.77. The molecule has 0 unspecified atom stereocenters. The van der Waals surface area contributed by atoms with E-state index in [1.165, 1.54) is 6.07 Å². The molecule has 1 aromatic carbocycles. The maximum Gasteiger partial charge on any atom is 0.233 e. The summed E-state index contributed by atoms with van der Waals surface area (Å²) < 4.78 is 13.5. The van der Waals surface area contributed by atoms with Crippen LogP contribution in [0.1, 0.15) is 0 Å². The van der Waals surface area contributed by atoms with Gasteiger partial charge in [0, 0.05) is 6.54 Å². The van der Waals surface area contributed by atoms with Crippen LogP contribution in [0.4, 0.5) is 22.0 Å². The van der Waals surface area contributed by atoms with E-state index in [2.05, 4.69) is 25.6 Å². The molecule has 0 atom stereocenters. The summed E-state index contributed by atoms with van der Waals surface area (Å²) in [5.41, 5.74) is 0.234. The molecule has 0 amide bonds. The van der Waals surface area contributed by atoms with Crippen LogP contribution in [-0.2, 0) is 0 Å². The molecular weight excluding hydrogens is 273 g/mol. The maximum absolute atomic E-state index is 13.5. The molecule has 8 heteroatoms. The zero-order valence-corrected chi connectivity index (χ0v) is 10.5. The van der Waals surface area contributed by atoms with E-state index in [1.807, 2.05) is 0 Å². The van der Waals surface area contributed by atoms with Crippen LogP contribution < -0.4 is 10.6 Å². The van der Waals surface area contributed by atoms with E-state index < -0.39 is 5.82 Å². The van der Waals surface area contributed by atoms with E-state index in [0.29, 0.717) is 0 Å². The molecule has 100 valence electrons. The number of nitrogens with one attached hydrogen (secondary N) is 2. The van der Waals surface area contributed by atoms with Crippen molar-refractivity contribution < 1.29 is 9.50 Å². The fourth-order valence-electron chi connectivity index (χ4n) is 1.34. The van der Waals surface area contributed by atoms with Gasteiger partial charge in [-0.15, -0.1) is 0 Å². The third kappa shape index (κ3) is 3.73. The lowest BCUT2D eigenvalue weighted by Crippen LogP contribution is -2.11. The standard InChI is InChI=1S/C11H11ClFN5O/c12-9-16-10(14-5-6-19)18-11(17-9)15-8-4-2-1-3-7(8)13/h1-4,19H,5-6H2,(H2,14,15,16,17,18). The van der Waals surface area contributed by atoms with Crippen molar-refractivity contribution >= 4 is 29.2 Å². The second-order valence-electron chi connectivity index (χ2n) is 3.51. The van der Waals surface area contributed by atoms with Crippen molar-refractivity contribution in [3.8, 4) is 0 Å². The molecule has 6 nitrogen and oxygen atoms in total. The lowest BCUT2D eigenvalue weighted by atomic mass is 10.3. The van der Waals surface area contributed by atoms with Crippen LogP contribution in [-0.4, -0.2) is 33.2 Å². The summed E-state index contributed by atoms with van der Waals surface area (Å²) in [7, 11) is 0. The Balaban J connectivity index is 2.20. The van der Waals surface area contributed by atoms with Crippen molar-refractivity contribution in [2.75, 3.05) is 23.8 Å². The summed E-state index contributed by atoms with van der Waals surface area (Å²) in [5.74, 6) is -0.109. The highest BCUT2D eigenvalue weighted by molar-refractivity contribution is 6.28. The molecule has 2 rings (SSSR count). The quantitative estimate of drug-likeness (QED) is 0.776. The molecule has 0 aliphatic carbocycles. The Morgan fingerprint density at radius 3 is 2.63 bits per heavy atom. The molecule has 0 fully saturated rings. The number of hydrogen-bond acceptors (Lipinski definition) is 6. The van der Waals surface area contributed by atoms with Gasteiger partial charge in [0.25, 0.3) is 0 Å². The van der Waals surface area contributed by atoms with E-state index >= 15 is 0 Å². The van der Waals surface area contributed by atoms with Crippen molar-refractivity contribution in [1.29, 1.82) is 0 Å². The zero-order chi connectivity index (χ0) is 13.7. The molecule has 19 heavy (non-hydrogen) atoms.